The number of rotatable bonds is 11. The number of hydrogen-bond acceptors (Lipinski definition) is 3. The average molecular weight is 382 g/mol. The third-order valence-corrected chi connectivity index (χ3v) is 4.18. The first kappa shape index (κ1) is 19.7. The van der Waals surface area contributed by atoms with Crippen LogP contribution in [0.1, 0.15) is 32.6 Å². The minimum Gasteiger partial charge on any atom is -0.494 e. The van der Waals surface area contributed by atoms with Gasteiger partial charge in [-0.2, -0.15) is 0 Å². The third kappa shape index (κ3) is 7.45. The van der Waals surface area contributed by atoms with Crippen LogP contribution in [-0.2, 0) is 0 Å². The van der Waals surface area contributed by atoms with Gasteiger partial charge >= 0.3 is 0 Å². The zero-order valence-corrected chi connectivity index (χ0v) is 16.1. The molecule has 5 heteroatoms. The second kappa shape index (κ2) is 11.1. The van der Waals surface area contributed by atoms with E-state index in [1.165, 1.54) is 0 Å². The zero-order chi connectivity index (χ0) is 17.9. The first-order valence-electron chi connectivity index (χ1n) is 8.73. The number of anilines is 1. The fourth-order valence-electron chi connectivity index (χ4n) is 2.26. The van der Waals surface area contributed by atoms with E-state index in [2.05, 4.69) is 18.3 Å². The lowest BCUT2D eigenvalue weighted by atomic mass is 10.2. The van der Waals surface area contributed by atoms with Gasteiger partial charge in [0.05, 0.1) is 18.2 Å². The molecule has 2 aromatic rings. The van der Waals surface area contributed by atoms with E-state index in [0.29, 0.717) is 22.4 Å². The van der Waals surface area contributed by atoms with Crippen molar-refractivity contribution < 1.29 is 9.47 Å². The highest BCUT2D eigenvalue weighted by Crippen LogP contribution is 2.27. The van der Waals surface area contributed by atoms with Crippen LogP contribution < -0.4 is 14.8 Å². The molecule has 0 saturated carbocycles. The number of halogens is 2. The summed E-state index contributed by atoms with van der Waals surface area (Å²) in [4.78, 5) is 0. The lowest BCUT2D eigenvalue weighted by Crippen LogP contribution is -2.05. The van der Waals surface area contributed by atoms with E-state index in [-0.39, 0.29) is 0 Å². The van der Waals surface area contributed by atoms with Crippen LogP contribution in [0, 0.1) is 0 Å². The maximum absolute atomic E-state index is 6.08. The Morgan fingerprint density at radius 2 is 1.76 bits per heavy atom. The molecule has 2 aromatic carbocycles. The maximum Gasteiger partial charge on any atom is 0.137 e. The van der Waals surface area contributed by atoms with E-state index in [1.807, 2.05) is 18.2 Å². The van der Waals surface area contributed by atoms with Gasteiger partial charge in [0.1, 0.15) is 11.5 Å². The van der Waals surface area contributed by atoms with Gasteiger partial charge in [-0.15, -0.1) is 0 Å². The summed E-state index contributed by atoms with van der Waals surface area (Å²) in [7, 11) is 0. The Kier molecular flexibility index (Phi) is 8.78. The molecule has 0 atom stereocenters. The van der Waals surface area contributed by atoms with Crippen LogP contribution in [0.3, 0.4) is 0 Å². The van der Waals surface area contributed by atoms with E-state index in [1.54, 1.807) is 18.2 Å². The Labute approximate surface area is 160 Å². The second-order valence-corrected chi connectivity index (χ2v) is 6.63. The molecule has 0 bridgehead atoms. The Morgan fingerprint density at radius 1 is 0.920 bits per heavy atom. The SMILES string of the molecule is CCCCOc1cccc(NCCCCOc2ccc(Cl)cc2Cl)c1. The predicted molar refractivity (Wildman–Crippen MR) is 107 cm³/mol. The molecule has 0 amide bonds. The summed E-state index contributed by atoms with van der Waals surface area (Å²) >= 11 is 11.9. The van der Waals surface area contributed by atoms with Crippen LogP contribution in [-0.4, -0.2) is 19.8 Å². The van der Waals surface area contributed by atoms with Crippen LogP contribution in [0.2, 0.25) is 10.0 Å². The van der Waals surface area contributed by atoms with E-state index >= 15 is 0 Å². The lowest BCUT2D eigenvalue weighted by molar-refractivity contribution is 0.308. The highest BCUT2D eigenvalue weighted by atomic mass is 35.5. The topological polar surface area (TPSA) is 30.5 Å². The largest absolute Gasteiger partial charge is 0.494 e. The monoisotopic (exact) mass is 381 g/mol. The summed E-state index contributed by atoms with van der Waals surface area (Å²) in [6.45, 7) is 4.44. The first-order valence-corrected chi connectivity index (χ1v) is 9.49. The summed E-state index contributed by atoms with van der Waals surface area (Å²) in [6.07, 6.45) is 4.17. The smallest absolute Gasteiger partial charge is 0.137 e. The van der Waals surface area contributed by atoms with Gasteiger partial charge in [-0.25, -0.2) is 0 Å². The fraction of sp³-hybridized carbons (Fsp3) is 0.400. The molecule has 1 N–H and O–H groups in total. The standard InChI is InChI=1S/C20H25Cl2NO2/c1-2-3-12-24-18-8-6-7-17(15-18)23-11-4-5-13-25-20-10-9-16(21)14-19(20)22/h6-10,14-15,23H,2-5,11-13H2,1H3. The Bertz CT molecular complexity index is 649. The molecule has 0 spiro atoms. The summed E-state index contributed by atoms with van der Waals surface area (Å²) in [5.74, 6) is 1.59. The summed E-state index contributed by atoms with van der Waals surface area (Å²) in [6, 6.07) is 13.4. The van der Waals surface area contributed by atoms with Gasteiger partial charge < -0.3 is 14.8 Å². The second-order valence-electron chi connectivity index (χ2n) is 5.79. The summed E-state index contributed by atoms with van der Waals surface area (Å²) < 4.78 is 11.4. The lowest BCUT2D eigenvalue weighted by Gasteiger charge is -2.10. The van der Waals surface area contributed by atoms with Crippen LogP contribution in [0.25, 0.3) is 0 Å². The quantitative estimate of drug-likeness (QED) is 0.454. The van der Waals surface area contributed by atoms with Gasteiger partial charge in [-0.05, 0) is 49.6 Å². The van der Waals surface area contributed by atoms with Crippen LogP contribution in [0.5, 0.6) is 11.5 Å². The van der Waals surface area contributed by atoms with Crippen molar-refractivity contribution >= 4 is 28.9 Å². The molecular formula is C20H25Cl2NO2. The highest BCUT2D eigenvalue weighted by molar-refractivity contribution is 6.35. The highest BCUT2D eigenvalue weighted by Gasteiger charge is 2.02. The van der Waals surface area contributed by atoms with Gasteiger partial charge in [-0.3, -0.25) is 0 Å². The van der Waals surface area contributed by atoms with Gasteiger partial charge in [0, 0.05) is 23.3 Å². The van der Waals surface area contributed by atoms with Crippen molar-refractivity contribution in [1.29, 1.82) is 0 Å². The average Bonchev–Trinajstić information content (AvgIpc) is 2.60. The van der Waals surface area contributed by atoms with Crippen LogP contribution in [0.4, 0.5) is 5.69 Å². The van der Waals surface area contributed by atoms with Gasteiger partial charge in [-0.1, -0.05) is 42.6 Å². The molecule has 0 fully saturated rings. The molecule has 0 radical (unpaired) electrons. The molecule has 25 heavy (non-hydrogen) atoms. The van der Waals surface area contributed by atoms with Crippen molar-refractivity contribution in [1.82, 2.24) is 0 Å². The molecule has 0 unspecified atom stereocenters. The van der Waals surface area contributed by atoms with Crippen LogP contribution >= 0.6 is 23.2 Å². The first-order chi connectivity index (χ1) is 12.2. The number of ether oxygens (including phenoxy) is 2. The molecule has 0 aliphatic carbocycles. The van der Waals surface area contributed by atoms with Crippen molar-refractivity contribution in [2.75, 3.05) is 25.1 Å². The van der Waals surface area contributed by atoms with Gasteiger partial charge in [0.2, 0.25) is 0 Å². The summed E-state index contributed by atoms with van der Waals surface area (Å²) in [5.41, 5.74) is 1.08. The molecule has 2 rings (SSSR count). The molecule has 0 aliphatic heterocycles. The zero-order valence-electron chi connectivity index (χ0n) is 14.6. The number of benzene rings is 2. The van der Waals surface area contributed by atoms with Crippen molar-refractivity contribution in [3.63, 3.8) is 0 Å². The fourth-order valence-corrected chi connectivity index (χ4v) is 2.73. The Balaban J connectivity index is 1.63. The van der Waals surface area contributed by atoms with Crippen molar-refractivity contribution in [2.24, 2.45) is 0 Å². The predicted octanol–water partition coefficient (Wildman–Crippen LogP) is 6.44. The Morgan fingerprint density at radius 3 is 2.56 bits per heavy atom. The number of unbranched alkanes of at least 4 members (excludes halogenated alkanes) is 2. The van der Waals surface area contributed by atoms with Crippen LogP contribution in [0.15, 0.2) is 42.5 Å². The number of nitrogens with one attached hydrogen (secondary N) is 1. The minimum atomic E-state index is 0.547. The van der Waals surface area contributed by atoms with E-state index in [0.717, 1.165) is 50.3 Å². The van der Waals surface area contributed by atoms with Gasteiger partial charge in [0.25, 0.3) is 0 Å². The minimum absolute atomic E-state index is 0.547. The normalized spacial score (nSPS) is 10.5. The van der Waals surface area contributed by atoms with E-state index in [9.17, 15) is 0 Å². The third-order valence-electron chi connectivity index (χ3n) is 3.65. The maximum atomic E-state index is 6.08. The van der Waals surface area contributed by atoms with E-state index < -0.39 is 0 Å². The molecule has 3 nitrogen and oxygen atoms in total. The molecule has 0 saturated heterocycles. The molecular weight excluding hydrogens is 357 g/mol. The summed E-state index contributed by atoms with van der Waals surface area (Å²) in [5, 5.41) is 4.57. The van der Waals surface area contributed by atoms with Crippen molar-refractivity contribution in [3.05, 3.63) is 52.5 Å². The number of hydrogen-bond donors (Lipinski definition) is 1. The molecule has 0 aliphatic rings. The molecule has 0 aromatic heterocycles. The van der Waals surface area contributed by atoms with Crippen molar-refractivity contribution in [2.45, 2.75) is 32.6 Å². The van der Waals surface area contributed by atoms with Crippen molar-refractivity contribution in [3.8, 4) is 11.5 Å². The van der Waals surface area contributed by atoms with Gasteiger partial charge in [0.15, 0.2) is 0 Å². The molecule has 136 valence electrons. The Hall–Kier alpha value is -1.58. The molecule has 0 heterocycles. The van der Waals surface area contributed by atoms with E-state index in [4.69, 9.17) is 32.7 Å².